The van der Waals surface area contributed by atoms with Gasteiger partial charge in [-0.15, -0.1) is 0 Å². The van der Waals surface area contributed by atoms with Crippen LogP contribution in [-0.2, 0) is 4.79 Å². The number of carbonyl (C=O) groups is 1. The Morgan fingerprint density at radius 1 is 1.28 bits per heavy atom. The molecule has 1 aromatic rings. The van der Waals surface area contributed by atoms with Crippen LogP contribution in [0.25, 0.3) is 0 Å². The van der Waals surface area contributed by atoms with Crippen LogP contribution in [0.15, 0.2) is 18.2 Å². The minimum atomic E-state index is -0.664. The summed E-state index contributed by atoms with van der Waals surface area (Å²) in [6.07, 6.45) is 6.80. The smallest absolute Gasteiger partial charge is 0.244 e. The lowest BCUT2D eigenvalue weighted by Crippen LogP contribution is -2.54. The van der Waals surface area contributed by atoms with Crippen LogP contribution < -0.4 is 16.1 Å². The van der Waals surface area contributed by atoms with Gasteiger partial charge in [0.25, 0.3) is 0 Å². The molecule has 25 heavy (non-hydrogen) atoms. The van der Waals surface area contributed by atoms with E-state index < -0.39 is 5.54 Å². The molecule has 1 saturated heterocycles. The number of hydrogen-bond acceptors (Lipinski definition) is 4. The van der Waals surface area contributed by atoms with Gasteiger partial charge in [0.1, 0.15) is 0 Å². The van der Waals surface area contributed by atoms with Crippen molar-refractivity contribution in [1.29, 1.82) is 0 Å². The number of nitrogens with one attached hydrogen (secondary N) is 1. The zero-order valence-corrected chi connectivity index (χ0v) is 15.4. The number of amides is 1. The Morgan fingerprint density at radius 3 is 2.72 bits per heavy atom. The molecule has 1 aliphatic heterocycles. The fourth-order valence-corrected chi connectivity index (χ4v) is 5.12. The third-order valence-electron chi connectivity index (χ3n) is 6.57. The molecule has 2 saturated carbocycles. The molecule has 3 unspecified atom stereocenters. The molecule has 4 rings (SSSR count). The van der Waals surface area contributed by atoms with Crippen LogP contribution in [-0.4, -0.2) is 36.6 Å². The standard InChI is InChI=1S/C20H30N4O/c1-14-11-17(7-8-18(14)24-10-4-3-9-23(24)2)22-19(25)20(21)13-15-5-6-16(20)12-15/h7-8,11,15-16H,3-6,9-10,12-13,21H2,1-2H3,(H,22,25). The number of hydrazine groups is 1. The quantitative estimate of drug-likeness (QED) is 0.887. The minimum Gasteiger partial charge on any atom is -0.324 e. The normalized spacial score (nSPS) is 32.2. The van der Waals surface area contributed by atoms with E-state index in [9.17, 15) is 4.79 Å². The maximum absolute atomic E-state index is 12.8. The Kier molecular flexibility index (Phi) is 4.24. The van der Waals surface area contributed by atoms with Crippen LogP contribution in [0.1, 0.15) is 44.1 Å². The molecule has 3 N–H and O–H groups in total. The summed E-state index contributed by atoms with van der Waals surface area (Å²) in [6.45, 7) is 4.26. The van der Waals surface area contributed by atoms with Crippen molar-refractivity contribution in [2.45, 2.75) is 51.0 Å². The van der Waals surface area contributed by atoms with Crippen LogP contribution >= 0.6 is 0 Å². The molecule has 3 atom stereocenters. The second kappa shape index (κ2) is 6.29. The predicted molar refractivity (Wildman–Crippen MR) is 101 cm³/mol. The van der Waals surface area contributed by atoms with E-state index in [4.69, 9.17) is 5.73 Å². The highest BCUT2D eigenvalue weighted by molar-refractivity contribution is 5.98. The Bertz CT molecular complexity index is 676. The average molecular weight is 342 g/mol. The van der Waals surface area contributed by atoms with Crippen molar-refractivity contribution in [2.75, 3.05) is 30.5 Å². The number of fused-ring (bicyclic) bond motifs is 2. The molecule has 1 heterocycles. The lowest BCUT2D eigenvalue weighted by Gasteiger charge is -2.38. The molecule has 1 aromatic carbocycles. The molecule has 1 amide bonds. The Hall–Kier alpha value is -1.59. The van der Waals surface area contributed by atoms with E-state index in [2.05, 4.69) is 41.4 Å². The first-order chi connectivity index (χ1) is 12.0. The van der Waals surface area contributed by atoms with E-state index in [0.717, 1.165) is 38.0 Å². The Balaban J connectivity index is 1.48. The van der Waals surface area contributed by atoms with Crippen LogP contribution in [0.5, 0.6) is 0 Å². The summed E-state index contributed by atoms with van der Waals surface area (Å²) in [7, 11) is 2.14. The van der Waals surface area contributed by atoms with Gasteiger partial charge in [0.05, 0.1) is 11.2 Å². The van der Waals surface area contributed by atoms with Crippen LogP contribution in [0.4, 0.5) is 11.4 Å². The van der Waals surface area contributed by atoms with Crippen LogP contribution in [0, 0.1) is 18.8 Å². The molecule has 2 aliphatic carbocycles. The summed E-state index contributed by atoms with van der Waals surface area (Å²) in [5.74, 6) is 1.02. The molecule has 5 nitrogen and oxygen atoms in total. The van der Waals surface area contributed by atoms with E-state index >= 15 is 0 Å². The van der Waals surface area contributed by atoms with Gasteiger partial charge in [-0.1, -0.05) is 6.42 Å². The van der Waals surface area contributed by atoms with E-state index in [-0.39, 0.29) is 5.91 Å². The first kappa shape index (κ1) is 16.9. The molecular weight excluding hydrogens is 312 g/mol. The molecule has 136 valence electrons. The third-order valence-corrected chi connectivity index (χ3v) is 6.57. The van der Waals surface area contributed by atoms with Gasteiger partial charge in [-0.25, -0.2) is 5.01 Å². The van der Waals surface area contributed by atoms with Crippen LogP contribution in [0.3, 0.4) is 0 Å². The zero-order chi connectivity index (χ0) is 17.6. The SMILES string of the molecule is Cc1cc(NC(=O)C2(N)CC3CCC2C3)ccc1N1CCCCN1C. The highest BCUT2D eigenvalue weighted by atomic mass is 16.2. The van der Waals surface area contributed by atoms with Crippen LogP contribution in [0.2, 0.25) is 0 Å². The van der Waals surface area contributed by atoms with Gasteiger partial charge in [-0.2, -0.15) is 0 Å². The number of carbonyl (C=O) groups excluding carboxylic acids is 1. The number of aryl methyl sites for hydroxylation is 1. The number of anilines is 2. The van der Waals surface area contributed by atoms with E-state index in [1.807, 2.05) is 6.07 Å². The summed E-state index contributed by atoms with van der Waals surface area (Å²) in [4.78, 5) is 12.8. The fraction of sp³-hybridized carbons (Fsp3) is 0.650. The lowest BCUT2D eigenvalue weighted by atomic mass is 9.81. The van der Waals surface area contributed by atoms with Gasteiger partial charge < -0.3 is 16.1 Å². The van der Waals surface area contributed by atoms with Crippen molar-refractivity contribution in [1.82, 2.24) is 5.01 Å². The summed E-state index contributed by atoms with van der Waals surface area (Å²) in [5, 5.41) is 7.72. The van der Waals surface area contributed by atoms with Gasteiger partial charge in [0.15, 0.2) is 0 Å². The molecule has 0 aromatic heterocycles. The first-order valence-electron chi connectivity index (χ1n) is 9.67. The highest BCUT2D eigenvalue weighted by Crippen LogP contribution is 2.49. The summed E-state index contributed by atoms with van der Waals surface area (Å²) in [5.41, 5.74) is 9.12. The van der Waals surface area contributed by atoms with Crippen molar-refractivity contribution in [3.63, 3.8) is 0 Å². The van der Waals surface area contributed by atoms with Gasteiger partial charge in [-0.05, 0) is 74.6 Å². The molecule has 3 fully saturated rings. The van der Waals surface area contributed by atoms with E-state index in [0.29, 0.717) is 11.8 Å². The number of rotatable bonds is 3. The fourth-order valence-electron chi connectivity index (χ4n) is 5.12. The average Bonchev–Trinajstić information content (AvgIpc) is 3.17. The topological polar surface area (TPSA) is 61.6 Å². The summed E-state index contributed by atoms with van der Waals surface area (Å²) >= 11 is 0. The van der Waals surface area contributed by atoms with Gasteiger partial charge >= 0.3 is 0 Å². The number of nitrogens with two attached hydrogens (primary N) is 1. The molecule has 0 radical (unpaired) electrons. The highest BCUT2D eigenvalue weighted by Gasteiger charge is 2.53. The number of nitrogens with zero attached hydrogens (tertiary/aromatic N) is 2. The predicted octanol–water partition coefficient (Wildman–Crippen LogP) is 2.90. The molecule has 2 bridgehead atoms. The monoisotopic (exact) mass is 342 g/mol. The van der Waals surface area contributed by atoms with Gasteiger partial charge in [0, 0.05) is 25.8 Å². The van der Waals surface area contributed by atoms with Crippen molar-refractivity contribution in [3.05, 3.63) is 23.8 Å². The van der Waals surface area contributed by atoms with Crippen molar-refractivity contribution >= 4 is 17.3 Å². The molecule has 0 spiro atoms. The first-order valence-corrected chi connectivity index (χ1v) is 9.67. The largest absolute Gasteiger partial charge is 0.324 e. The van der Waals surface area contributed by atoms with Crippen molar-refractivity contribution in [3.8, 4) is 0 Å². The van der Waals surface area contributed by atoms with Crippen molar-refractivity contribution in [2.24, 2.45) is 17.6 Å². The van der Waals surface area contributed by atoms with Crippen molar-refractivity contribution < 1.29 is 4.79 Å². The minimum absolute atomic E-state index is 0.00180. The molecule has 3 aliphatic rings. The second-order valence-corrected chi connectivity index (χ2v) is 8.29. The Labute approximate surface area is 150 Å². The zero-order valence-electron chi connectivity index (χ0n) is 15.4. The van der Waals surface area contributed by atoms with Gasteiger partial charge in [-0.3, -0.25) is 4.79 Å². The summed E-state index contributed by atoms with van der Waals surface area (Å²) in [6, 6.07) is 6.21. The Morgan fingerprint density at radius 2 is 2.08 bits per heavy atom. The maximum atomic E-state index is 12.8. The third kappa shape index (κ3) is 2.93. The van der Waals surface area contributed by atoms with Gasteiger partial charge in [0.2, 0.25) is 5.91 Å². The number of benzene rings is 1. The molecular formula is C20H30N4O. The second-order valence-electron chi connectivity index (χ2n) is 8.29. The maximum Gasteiger partial charge on any atom is 0.244 e. The summed E-state index contributed by atoms with van der Waals surface area (Å²) < 4.78 is 0. The molecule has 5 heteroatoms. The number of hydrogen-bond donors (Lipinski definition) is 2. The van der Waals surface area contributed by atoms with E-state index in [1.54, 1.807) is 0 Å². The lowest BCUT2D eigenvalue weighted by molar-refractivity contribution is -0.122. The van der Waals surface area contributed by atoms with E-state index in [1.165, 1.54) is 30.5 Å².